The minimum atomic E-state index is 0.414. The number of likely N-dealkylation sites (N-methyl/N-ethyl adjacent to an activating group) is 1. The number of hydrogen-bond acceptors (Lipinski definition) is 5. The Morgan fingerprint density at radius 1 is 1.42 bits per heavy atom. The predicted octanol–water partition coefficient (Wildman–Crippen LogP) is 3.20. The fraction of sp³-hybridized carbons (Fsp3) is 0.857. The third-order valence-corrected chi connectivity index (χ3v) is 4.99. The molecule has 0 radical (unpaired) electrons. The molecule has 1 saturated heterocycles. The van der Waals surface area contributed by atoms with E-state index in [1.165, 1.54) is 25.0 Å². The van der Waals surface area contributed by atoms with Crippen LogP contribution in [0.3, 0.4) is 0 Å². The van der Waals surface area contributed by atoms with Gasteiger partial charge >= 0.3 is 0 Å². The van der Waals surface area contributed by atoms with E-state index in [2.05, 4.69) is 36.2 Å². The molecule has 0 aliphatic carbocycles. The van der Waals surface area contributed by atoms with Crippen molar-refractivity contribution in [2.45, 2.75) is 57.7 Å². The topological polar surface area (TPSA) is 51.0 Å². The Hall–Kier alpha value is -0.550. The van der Waals surface area contributed by atoms with Gasteiger partial charge in [0.05, 0.1) is 5.25 Å². The Bertz CT molecular complexity index is 375. The normalized spacial score (nSPS) is 21.8. The minimum Gasteiger partial charge on any atom is -0.339 e. The van der Waals surface area contributed by atoms with Crippen molar-refractivity contribution in [3.8, 4) is 0 Å². The second kappa shape index (κ2) is 7.29. The van der Waals surface area contributed by atoms with Gasteiger partial charge in [0.25, 0.3) is 0 Å². The van der Waals surface area contributed by atoms with Gasteiger partial charge < -0.3 is 9.84 Å². The van der Waals surface area contributed by atoms with E-state index in [0.29, 0.717) is 17.2 Å². The first-order chi connectivity index (χ1) is 9.20. The zero-order valence-corrected chi connectivity index (χ0v) is 13.0. The summed E-state index contributed by atoms with van der Waals surface area (Å²) in [6.45, 7) is 7.55. The highest BCUT2D eigenvalue weighted by Gasteiger charge is 2.23. The molecule has 2 heterocycles. The van der Waals surface area contributed by atoms with Gasteiger partial charge in [-0.25, -0.2) is 0 Å². The first-order valence-electron chi connectivity index (χ1n) is 7.38. The van der Waals surface area contributed by atoms with Gasteiger partial charge in [-0.05, 0) is 31.1 Å². The molecule has 2 rings (SSSR count). The molecule has 0 spiro atoms. The van der Waals surface area contributed by atoms with Crippen LogP contribution < -0.4 is 5.32 Å². The predicted molar refractivity (Wildman–Crippen MR) is 79.4 cm³/mol. The number of thioether (sulfide) groups is 1. The van der Waals surface area contributed by atoms with Crippen molar-refractivity contribution < 1.29 is 4.52 Å². The van der Waals surface area contributed by atoms with Crippen molar-refractivity contribution in [1.29, 1.82) is 0 Å². The summed E-state index contributed by atoms with van der Waals surface area (Å²) in [6, 6.07) is 0.414. The maximum Gasteiger partial charge on any atom is 0.228 e. The highest BCUT2D eigenvalue weighted by Crippen LogP contribution is 2.36. The lowest BCUT2D eigenvalue weighted by Crippen LogP contribution is -2.35. The SMILES string of the molecule is CCNC(Cc1nc(C2CCCCS2)no1)C(C)C. The van der Waals surface area contributed by atoms with Gasteiger partial charge in [-0.1, -0.05) is 32.3 Å². The highest BCUT2D eigenvalue weighted by molar-refractivity contribution is 7.99. The Morgan fingerprint density at radius 3 is 2.89 bits per heavy atom. The standard InChI is InChI=1S/C14H25N3OS/c1-4-15-11(10(2)3)9-13-16-14(17-18-13)12-7-5-6-8-19-12/h10-12,15H,4-9H2,1-3H3. The number of nitrogens with zero attached hydrogens (tertiary/aromatic N) is 2. The third kappa shape index (κ3) is 4.21. The van der Waals surface area contributed by atoms with Crippen LogP contribution in [0.4, 0.5) is 0 Å². The van der Waals surface area contributed by atoms with E-state index in [1.807, 2.05) is 11.8 Å². The number of aromatic nitrogens is 2. The van der Waals surface area contributed by atoms with Crippen molar-refractivity contribution in [1.82, 2.24) is 15.5 Å². The van der Waals surface area contributed by atoms with Gasteiger partial charge in [-0.2, -0.15) is 16.7 Å². The molecule has 1 N–H and O–H groups in total. The van der Waals surface area contributed by atoms with Crippen molar-refractivity contribution in [2.75, 3.05) is 12.3 Å². The summed E-state index contributed by atoms with van der Waals surface area (Å²) in [4.78, 5) is 4.60. The van der Waals surface area contributed by atoms with Crippen molar-refractivity contribution in [2.24, 2.45) is 5.92 Å². The van der Waals surface area contributed by atoms with E-state index in [-0.39, 0.29) is 0 Å². The number of nitrogens with one attached hydrogen (secondary N) is 1. The molecule has 2 unspecified atom stereocenters. The number of hydrogen-bond donors (Lipinski definition) is 1. The second-order valence-electron chi connectivity index (χ2n) is 5.51. The average Bonchev–Trinajstić information content (AvgIpc) is 2.88. The fourth-order valence-corrected chi connectivity index (χ4v) is 3.65. The average molecular weight is 283 g/mol. The molecule has 1 aliphatic heterocycles. The molecular formula is C14H25N3OS. The molecule has 5 heteroatoms. The molecule has 0 amide bonds. The maximum atomic E-state index is 5.43. The highest BCUT2D eigenvalue weighted by atomic mass is 32.2. The van der Waals surface area contributed by atoms with Crippen LogP contribution in [0.25, 0.3) is 0 Å². The molecule has 1 aliphatic rings. The van der Waals surface area contributed by atoms with E-state index in [1.54, 1.807) is 0 Å². The summed E-state index contributed by atoms with van der Waals surface area (Å²) in [6.07, 6.45) is 4.62. The summed E-state index contributed by atoms with van der Waals surface area (Å²) < 4.78 is 5.43. The molecule has 0 aromatic carbocycles. The van der Waals surface area contributed by atoms with Gasteiger partial charge in [0, 0.05) is 12.5 Å². The van der Waals surface area contributed by atoms with E-state index in [9.17, 15) is 0 Å². The van der Waals surface area contributed by atoms with Crippen LogP contribution >= 0.6 is 11.8 Å². The molecule has 1 aromatic rings. The van der Waals surface area contributed by atoms with E-state index in [4.69, 9.17) is 4.52 Å². The summed E-state index contributed by atoms with van der Waals surface area (Å²) in [7, 11) is 0. The lowest BCUT2D eigenvalue weighted by Gasteiger charge is -2.19. The molecule has 19 heavy (non-hydrogen) atoms. The van der Waals surface area contributed by atoms with Crippen LogP contribution in [-0.2, 0) is 6.42 Å². The maximum absolute atomic E-state index is 5.43. The molecule has 0 bridgehead atoms. The number of rotatable bonds is 6. The largest absolute Gasteiger partial charge is 0.339 e. The zero-order chi connectivity index (χ0) is 13.7. The van der Waals surface area contributed by atoms with Gasteiger partial charge in [-0.15, -0.1) is 0 Å². The third-order valence-electron chi connectivity index (χ3n) is 3.62. The smallest absolute Gasteiger partial charge is 0.228 e. The van der Waals surface area contributed by atoms with Crippen LogP contribution in [0.5, 0.6) is 0 Å². The molecule has 1 aromatic heterocycles. The Morgan fingerprint density at radius 2 is 2.26 bits per heavy atom. The second-order valence-corrected chi connectivity index (χ2v) is 6.82. The first-order valence-corrected chi connectivity index (χ1v) is 8.43. The summed E-state index contributed by atoms with van der Waals surface area (Å²) in [5.41, 5.74) is 0. The lowest BCUT2D eigenvalue weighted by atomic mass is 10.0. The van der Waals surface area contributed by atoms with Gasteiger partial charge in [0.2, 0.25) is 5.89 Å². The van der Waals surface area contributed by atoms with Crippen LogP contribution in [0, 0.1) is 5.92 Å². The van der Waals surface area contributed by atoms with Crippen molar-refractivity contribution in [3.05, 3.63) is 11.7 Å². The fourth-order valence-electron chi connectivity index (χ4n) is 2.42. The van der Waals surface area contributed by atoms with E-state index >= 15 is 0 Å². The summed E-state index contributed by atoms with van der Waals surface area (Å²) in [5.74, 6) is 3.47. The molecule has 4 nitrogen and oxygen atoms in total. The van der Waals surface area contributed by atoms with Gasteiger partial charge in [0.1, 0.15) is 0 Å². The van der Waals surface area contributed by atoms with Gasteiger partial charge in [0.15, 0.2) is 5.82 Å². The quantitative estimate of drug-likeness (QED) is 0.869. The Labute approximate surface area is 120 Å². The van der Waals surface area contributed by atoms with Crippen molar-refractivity contribution in [3.63, 3.8) is 0 Å². The summed E-state index contributed by atoms with van der Waals surface area (Å²) in [5, 5.41) is 8.11. The molecule has 2 atom stereocenters. The van der Waals surface area contributed by atoms with E-state index in [0.717, 1.165) is 24.7 Å². The molecule has 0 saturated carbocycles. The Kier molecular flexibility index (Phi) is 5.70. The van der Waals surface area contributed by atoms with Crippen LogP contribution in [-0.4, -0.2) is 28.5 Å². The Balaban J connectivity index is 1.95. The molecule has 1 fully saturated rings. The molecule has 108 valence electrons. The monoisotopic (exact) mass is 283 g/mol. The van der Waals surface area contributed by atoms with Crippen LogP contribution in [0.1, 0.15) is 57.0 Å². The van der Waals surface area contributed by atoms with Crippen LogP contribution in [0.15, 0.2) is 4.52 Å². The first kappa shape index (κ1) is 14.9. The van der Waals surface area contributed by atoms with Crippen LogP contribution in [0.2, 0.25) is 0 Å². The molecular weight excluding hydrogens is 258 g/mol. The zero-order valence-electron chi connectivity index (χ0n) is 12.2. The van der Waals surface area contributed by atoms with Crippen molar-refractivity contribution >= 4 is 11.8 Å². The van der Waals surface area contributed by atoms with Gasteiger partial charge in [-0.3, -0.25) is 0 Å². The lowest BCUT2D eigenvalue weighted by molar-refractivity contribution is 0.326. The minimum absolute atomic E-state index is 0.414. The summed E-state index contributed by atoms with van der Waals surface area (Å²) >= 11 is 1.96. The van der Waals surface area contributed by atoms with E-state index < -0.39 is 0 Å².